The summed E-state index contributed by atoms with van der Waals surface area (Å²) in [6.45, 7) is 17.3. The van der Waals surface area contributed by atoms with E-state index in [0.717, 1.165) is 174 Å². The van der Waals surface area contributed by atoms with Gasteiger partial charge in [-0.05, 0) is 169 Å². The van der Waals surface area contributed by atoms with Crippen molar-refractivity contribution in [2.24, 2.45) is 22.0 Å². The zero-order valence-electron chi connectivity index (χ0n) is 63.0. The molecule has 3 aliphatic heterocycles. The van der Waals surface area contributed by atoms with Gasteiger partial charge in [-0.2, -0.15) is 44.4 Å². The van der Waals surface area contributed by atoms with Crippen molar-refractivity contribution in [3.8, 4) is 0 Å². The van der Waals surface area contributed by atoms with Crippen molar-refractivity contribution in [2.75, 3.05) is 71.2 Å². The maximum absolute atomic E-state index is 13.6. The van der Waals surface area contributed by atoms with Crippen molar-refractivity contribution < 1.29 is 77.5 Å². The van der Waals surface area contributed by atoms with Gasteiger partial charge < -0.3 is 56.4 Å². The van der Waals surface area contributed by atoms with Crippen LogP contribution in [0.4, 0.5) is 74.8 Å². The summed E-state index contributed by atoms with van der Waals surface area (Å²) < 4.78 is 156. The van der Waals surface area contributed by atoms with E-state index >= 15 is 0 Å². The van der Waals surface area contributed by atoms with Crippen molar-refractivity contribution >= 4 is 139 Å². The van der Waals surface area contributed by atoms with Gasteiger partial charge in [-0.25, -0.2) is 62.7 Å². The van der Waals surface area contributed by atoms with Gasteiger partial charge in [-0.3, -0.25) is 13.2 Å². The Kier molecular flexibility index (Phi) is 30.5. The number of halogens is 11. The molecule has 15 rings (SSSR count). The first kappa shape index (κ1) is 92.8. The van der Waals surface area contributed by atoms with Crippen LogP contribution in [0.1, 0.15) is 162 Å². The normalized spacial score (nSPS) is 19.9. The molecule has 614 valence electrons. The first-order valence-electron chi connectivity index (χ1n) is 35.8. The Bertz CT molecular complexity index is 4780. The van der Waals surface area contributed by atoms with E-state index in [9.17, 15) is 47.9 Å². The fraction of sp³-hybridized carbons (Fsp3) is 0.542. The number of imidazole rings is 3. The molecule has 0 radical (unpaired) electrons. The molecule has 12 heterocycles. The second kappa shape index (κ2) is 37.1. The summed E-state index contributed by atoms with van der Waals surface area (Å²) in [7, 11) is -2.12. The predicted molar refractivity (Wildman–Crippen MR) is 431 cm³/mol. The number of piperidine rings is 3. The summed E-state index contributed by atoms with van der Waals surface area (Å²) in [5, 5.41) is 0. The molecule has 6 aliphatic rings. The van der Waals surface area contributed by atoms with Gasteiger partial charge in [-0.1, -0.05) is 50.2 Å². The van der Waals surface area contributed by atoms with Gasteiger partial charge in [0.2, 0.25) is 17.8 Å². The van der Waals surface area contributed by atoms with Gasteiger partial charge >= 0.3 is 48.1 Å². The summed E-state index contributed by atoms with van der Waals surface area (Å²) in [6.07, 6.45) is 20.7. The number of anilines is 6. The molecule has 5 atom stereocenters. The van der Waals surface area contributed by atoms with E-state index in [-0.39, 0.29) is 126 Å². The quantitative estimate of drug-likeness (QED) is 0.0359. The minimum atomic E-state index is -4.56. The van der Waals surface area contributed by atoms with Crippen LogP contribution in [-0.2, 0) is 53.1 Å². The summed E-state index contributed by atoms with van der Waals surface area (Å²) in [6, 6.07) is 4.31. The fourth-order valence-corrected chi connectivity index (χ4v) is 20.3. The van der Waals surface area contributed by atoms with Crippen molar-refractivity contribution in [3.05, 3.63) is 114 Å². The summed E-state index contributed by atoms with van der Waals surface area (Å²) in [5.74, 6) is 2.44. The molecule has 3 spiro atoms. The maximum Gasteiger partial charge on any atom is 1.00 e. The number of aromatic nitrogens is 12. The molecule has 0 unspecified atom stereocenters. The van der Waals surface area contributed by atoms with Gasteiger partial charge in [0.1, 0.15) is 17.5 Å². The van der Waals surface area contributed by atoms with Gasteiger partial charge in [0.25, 0.3) is 0 Å². The monoisotopic (exact) mass is 1770 g/mol. The number of alkyl halides is 9. The number of nitrogens with two attached hydrogens (primary N) is 4. The fourth-order valence-electron chi connectivity index (χ4n) is 15.6. The number of nitrogens with one attached hydrogen (secondary N) is 2. The van der Waals surface area contributed by atoms with E-state index in [0.29, 0.717) is 39.3 Å². The molecule has 24 nitrogen and oxygen atoms in total. The molecule has 9 aromatic rings. The number of rotatable bonds is 11. The van der Waals surface area contributed by atoms with Gasteiger partial charge in [0, 0.05) is 142 Å². The van der Waals surface area contributed by atoms with E-state index in [1.165, 1.54) is 37.8 Å². The van der Waals surface area contributed by atoms with Crippen LogP contribution in [0, 0.1) is 16.2 Å². The average molecular weight is 1770 g/mol. The van der Waals surface area contributed by atoms with Crippen molar-refractivity contribution in [3.63, 3.8) is 0 Å². The molecule has 13 N–H and O–H groups in total. The smallest absolute Gasteiger partial charge is 0.779 e. The molecular formula is C72H96BrClF9N22NaO2S5. The van der Waals surface area contributed by atoms with Crippen LogP contribution in [0.2, 0.25) is 0 Å². The predicted octanol–water partition coefficient (Wildman–Crippen LogP) is 12.5. The Morgan fingerprint density at radius 2 is 0.805 bits per heavy atom. The molecule has 0 bridgehead atoms. The van der Waals surface area contributed by atoms with Crippen LogP contribution in [0.5, 0.6) is 0 Å². The molecule has 3 saturated carbocycles. The van der Waals surface area contributed by atoms with Crippen LogP contribution < -0.4 is 82.8 Å². The van der Waals surface area contributed by atoms with Crippen molar-refractivity contribution in [1.29, 1.82) is 0 Å². The number of nitrogen functional groups attached to an aromatic ring is 3. The molecule has 41 heteroatoms. The largest absolute Gasteiger partial charge is 1.00 e. The van der Waals surface area contributed by atoms with Crippen molar-refractivity contribution in [2.45, 2.75) is 216 Å². The Labute approximate surface area is 706 Å². The molecule has 3 aliphatic carbocycles. The SMILES string of the molecule is C.CC(C)(C)[S@@](=O)N[C@@H]1CCCC12CCN(c1ncc(Br)c3nccn13)CC2.CC(C)(C)[S@@](=O)N[C@@H]1CCCC12CCN(c1ncc(Sc3cc(N)ncc3C(F)(F)F)c3nccn13)CC2.Cl.N.Nc1cc(Sc2cnc(N3CCC4(CCC[C@H]4N)CC3)n3ccnc23)c(C(F)(F)F)cn1.Nc1cc([S-])c(C(F)(F)F)cn1.[Na+]. The van der Waals surface area contributed by atoms with E-state index in [1.54, 1.807) is 37.2 Å². The number of hydrogen-bond acceptors (Lipinski definition) is 22. The minimum absolute atomic E-state index is 0. The third-order valence-electron chi connectivity index (χ3n) is 21.7. The molecule has 0 amide bonds. The van der Waals surface area contributed by atoms with E-state index in [2.05, 4.69) is 102 Å². The molecule has 3 saturated heterocycles. The number of fused-ring (bicyclic) bond motifs is 3. The van der Waals surface area contributed by atoms with Crippen LogP contribution in [0.3, 0.4) is 0 Å². The Hall–Kier alpha value is -5.69. The Morgan fingerprint density at radius 3 is 1.16 bits per heavy atom. The first-order valence-corrected chi connectivity index (χ1v) is 41.0. The molecule has 0 aromatic carbocycles. The first-order chi connectivity index (χ1) is 51.3. The second-order valence-corrected chi connectivity index (χ2v) is 38.0. The van der Waals surface area contributed by atoms with E-state index < -0.39 is 57.2 Å². The van der Waals surface area contributed by atoms with E-state index in [1.807, 2.05) is 68.9 Å². The number of nitrogens with zero attached hydrogens (tertiary/aromatic N) is 15. The summed E-state index contributed by atoms with van der Waals surface area (Å²) >= 11 is 9.84. The van der Waals surface area contributed by atoms with Gasteiger partial charge in [0.15, 0.2) is 16.9 Å². The Morgan fingerprint density at radius 1 is 0.478 bits per heavy atom. The average Bonchev–Trinajstić information content (AvgIpc) is 1.65. The van der Waals surface area contributed by atoms with Gasteiger partial charge in [0.05, 0.1) is 62.4 Å². The minimum Gasteiger partial charge on any atom is -0.779 e. The van der Waals surface area contributed by atoms with Gasteiger partial charge in [-0.15, -0.1) is 12.4 Å². The standard InChI is InChI=1S/C25H32F3N7OS2.C21H24F3N7S.C19H28BrN5OS.C6H5F3N2S.CH4.ClH.H3N.Na/c1-23(2,3)38(36)33-19-5-4-6-24(19)7-10-34(11-8-24)22-32-15-18(21-30-9-12-35(21)22)37-17-13-20(29)31-14-16(17)25(26,27)28;22-21(23,24)13-11-28-17(26)10-14(13)32-15-12-29-19(31-9-6-27-18(15)31)30-7-4-20(5-8-30)3-1-2-16(20)25;1-18(2,3)27(26)23-15-5-4-6-19(15)7-10-24(11-8-19)17-22-13-14(20)16-21-9-12-25(16)17;7-6(8,9)3-2-11-5(10)1-4(3)12;;;;/h9,12-15,19,33H,4-8,10-11H2,1-3H3,(H2,29,31);6,9-12,16H,1-5,7-8,25H2,(H2,26,28);9,12-13,15,23H,4-8,10-11H2,1-3H3;1-2H,(H3,10,11,12);1H4;1H;1H3;/q;;;;;;;+1/p-1/t19-,38-;16-;15-,27-;;;;;/m111...../s1. The number of hydrogen-bond donors (Lipinski definition) is 7. The third kappa shape index (κ3) is 20.9. The third-order valence-corrected chi connectivity index (χ3v) is 27.9. The van der Waals surface area contributed by atoms with Crippen LogP contribution in [0.25, 0.3) is 16.9 Å². The molecule has 6 fully saturated rings. The molecular weight excluding hydrogens is 1670 g/mol. The van der Waals surface area contributed by atoms with Crippen LogP contribution in [-0.4, -0.2) is 133 Å². The number of pyridine rings is 3. The summed E-state index contributed by atoms with van der Waals surface area (Å²) in [4.78, 5) is 45.1. The zero-order chi connectivity index (χ0) is 78.4. The zero-order valence-corrected chi connectivity index (χ0v) is 71.5. The molecule has 113 heavy (non-hydrogen) atoms. The van der Waals surface area contributed by atoms with Crippen LogP contribution in [0.15, 0.2) is 122 Å². The van der Waals surface area contributed by atoms with E-state index in [4.69, 9.17) is 22.9 Å². The summed E-state index contributed by atoms with van der Waals surface area (Å²) in [5.41, 5.74) is 22.9. The molecule has 9 aromatic heterocycles. The van der Waals surface area contributed by atoms with Crippen LogP contribution >= 0.6 is 51.9 Å². The topological polar surface area (TPSA) is 336 Å². The van der Waals surface area contributed by atoms with Crippen molar-refractivity contribution in [1.82, 2.24) is 73.7 Å². The second-order valence-electron chi connectivity index (χ2n) is 30.6. The Balaban J connectivity index is 0.000000196. The maximum atomic E-state index is 13.6.